The quantitative estimate of drug-likeness (QED) is 0.414. The van der Waals surface area contributed by atoms with E-state index >= 15 is 0 Å². The highest BCUT2D eigenvalue weighted by Crippen LogP contribution is 2.23. The fourth-order valence-corrected chi connectivity index (χ4v) is 1.31. The van der Waals surface area contributed by atoms with E-state index in [0.717, 1.165) is 5.39 Å². The summed E-state index contributed by atoms with van der Waals surface area (Å²) in [5.41, 5.74) is 8.58. The molecule has 2 aromatic rings. The lowest BCUT2D eigenvalue weighted by Crippen LogP contribution is -2.01. The number of rotatable bonds is 1. The van der Waals surface area contributed by atoms with Crippen LogP contribution in [0.3, 0.4) is 0 Å². The molecule has 5 heteroatoms. The molecule has 0 aliphatic heterocycles. The van der Waals surface area contributed by atoms with Crippen molar-refractivity contribution in [2.45, 2.75) is 0 Å². The van der Waals surface area contributed by atoms with Crippen molar-refractivity contribution in [1.29, 1.82) is 0 Å². The minimum Gasteiger partial charge on any atom is -0.328 e. The topological polar surface area (TPSA) is 81.6 Å². The van der Waals surface area contributed by atoms with Gasteiger partial charge in [0.05, 0.1) is 0 Å². The van der Waals surface area contributed by atoms with Crippen LogP contribution in [0.1, 0.15) is 0 Å². The Kier molecular flexibility index (Phi) is 1.93. The van der Waals surface area contributed by atoms with Crippen LogP contribution in [0.2, 0.25) is 0 Å². The van der Waals surface area contributed by atoms with Gasteiger partial charge in [-0.15, -0.1) is 0 Å². The van der Waals surface area contributed by atoms with Crippen molar-refractivity contribution < 1.29 is 0 Å². The average Bonchev–Trinajstić information content (AvgIpc) is 2.19. The van der Waals surface area contributed by atoms with Crippen LogP contribution in [0, 0.1) is 0 Å². The third-order valence-corrected chi connectivity index (χ3v) is 1.91. The van der Waals surface area contributed by atoms with Gasteiger partial charge in [0.2, 0.25) is 5.56 Å². The first kappa shape index (κ1) is 8.34. The van der Waals surface area contributed by atoms with E-state index in [1.165, 1.54) is 6.07 Å². The monoisotopic (exact) mass is 186 g/mol. The maximum atomic E-state index is 11.0. The summed E-state index contributed by atoms with van der Waals surface area (Å²) in [5, 5.41) is 5.01. The van der Waals surface area contributed by atoms with Gasteiger partial charge in [-0.05, 0) is 16.3 Å². The Balaban J connectivity index is 2.90. The smallest absolute Gasteiger partial charge is 0.248 e. The molecule has 68 valence electrons. The number of hydrogen-bond donors (Lipinski definition) is 1. The highest BCUT2D eigenvalue weighted by molar-refractivity contribution is 5.91. The molecule has 0 atom stereocenters. The molecule has 1 N–H and O–H groups in total. The SMILES string of the molecule is [N-]=[N+]=Nc1cccc2c[nH]c(=O)cc12. The Morgan fingerprint density at radius 3 is 3.07 bits per heavy atom. The summed E-state index contributed by atoms with van der Waals surface area (Å²) in [4.78, 5) is 16.3. The zero-order chi connectivity index (χ0) is 9.97. The lowest BCUT2D eigenvalue weighted by Gasteiger charge is -1.98. The number of nitrogens with one attached hydrogen (secondary N) is 1. The first-order valence-corrected chi connectivity index (χ1v) is 3.98. The molecule has 2 rings (SSSR count). The van der Waals surface area contributed by atoms with E-state index in [4.69, 9.17) is 5.53 Å². The Labute approximate surface area is 78.6 Å². The molecular formula is C9H6N4O. The van der Waals surface area contributed by atoms with Crippen molar-refractivity contribution in [1.82, 2.24) is 4.98 Å². The Bertz CT molecular complexity index is 581. The highest BCUT2D eigenvalue weighted by Gasteiger charge is 1.98. The van der Waals surface area contributed by atoms with Crippen LogP contribution in [0.4, 0.5) is 5.69 Å². The third-order valence-electron chi connectivity index (χ3n) is 1.91. The molecule has 0 spiro atoms. The molecule has 0 aliphatic rings. The van der Waals surface area contributed by atoms with E-state index in [1.807, 2.05) is 6.07 Å². The van der Waals surface area contributed by atoms with Crippen LogP contribution in [0.25, 0.3) is 21.2 Å². The lowest BCUT2D eigenvalue weighted by molar-refractivity contribution is 1.27. The second-order valence-electron chi connectivity index (χ2n) is 2.77. The molecule has 0 saturated carbocycles. The van der Waals surface area contributed by atoms with Crippen LogP contribution in [0.5, 0.6) is 0 Å². The molecule has 5 nitrogen and oxygen atoms in total. The van der Waals surface area contributed by atoms with Gasteiger partial charge in [-0.2, -0.15) is 0 Å². The number of H-pyrrole nitrogens is 1. The van der Waals surface area contributed by atoms with Crippen molar-refractivity contribution >= 4 is 16.5 Å². The summed E-state index contributed by atoms with van der Waals surface area (Å²) in [6.45, 7) is 0. The van der Waals surface area contributed by atoms with Crippen molar-refractivity contribution in [2.24, 2.45) is 5.11 Å². The predicted octanol–water partition coefficient (Wildman–Crippen LogP) is 2.47. The number of benzene rings is 1. The van der Waals surface area contributed by atoms with E-state index in [0.29, 0.717) is 11.1 Å². The Morgan fingerprint density at radius 1 is 1.43 bits per heavy atom. The summed E-state index contributed by atoms with van der Waals surface area (Å²) < 4.78 is 0. The summed E-state index contributed by atoms with van der Waals surface area (Å²) in [6.07, 6.45) is 1.59. The maximum Gasteiger partial charge on any atom is 0.248 e. The van der Waals surface area contributed by atoms with Gasteiger partial charge < -0.3 is 4.98 Å². The minimum atomic E-state index is -0.210. The molecule has 0 saturated heterocycles. The van der Waals surface area contributed by atoms with Crippen LogP contribution in [0.15, 0.2) is 40.4 Å². The van der Waals surface area contributed by atoms with Gasteiger partial charge in [0.15, 0.2) is 0 Å². The van der Waals surface area contributed by atoms with E-state index in [1.54, 1.807) is 18.3 Å². The molecule has 0 radical (unpaired) electrons. The van der Waals surface area contributed by atoms with Crippen LogP contribution in [-0.4, -0.2) is 4.98 Å². The van der Waals surface area contributed by atoms with Crippen molar-refractivity contribution in [3.05, 3.63) is 51.3 Å². The van der Waals surface area contributed by atoms with Crippen molar-refractivity contribution in [3.8, 4) is 0 Å². The van der Waals surface area contributed by atoms with E-state index in [-0.39, 0.29) is 5.56 Å². The average molecular weight is 186 g/mol. The second kappa shape index (κ2) is 3.24. The lowest BCUT2D eigenvalue weighted by atomic mass is 10.1. The van der Waals surface area contributed by atoms with Crippen LogP contribution < -0.4 is 5.56 Å². The fraction of sp³-hybridized carbons (Fsp3) is 0. The maximum absolute atomic E-state index is 11.0. The van der Waals surface area contributed by atoms with Gasteiger partial charge in [-0.1, -0.05) is 23.3 Å². The number of aromatic nitrogens is 1. The minimum absolute atomic E-state index is 0.210. The molecule has 14 heavy (non-hydrogen) atoms. The van der Waals surface area contributed by atoms with Gasteiger partial charge >= 0.3 is 0 Å². The van der Waals surface area contributed by atoms with Crippen LogP contribution >= 0.6 is 0 Å². The molecule has 0 unspecified atom stereocenters. The van der Waals surface area contributed by atoms with Gasteiger partial charge in [0, 0.05) is 22.9 Å². The van der Waals surface area contributed by atoms with Crippen molar-refractivity contribution in [2.75, 3.05) is 0 Å². The number of pyridine rings is 1. The number of nitrogens with zero attached hydrogens (tertiary/aromatic N) is 3. The summed E-state index contributed by atoms with van der Waals surface area (Å²) in [6, 6.07) is 6.69. The summed E-state index contributed by atoms with van der Waals surface area (Å²) in [5.74, 6) is 0. The zero-order valence-electron chi connectivity index (χ0n) is 7.14. The first-order valence-electron chi connectivity index (χ1n) is 3.98. The first-order chi connectivity index (χ1) is 6.81. The van der Waals surface area contributed by atoms with E-state index in [2.05, 4.69) is 15.0 Å². The van der Waals surface area contributed by atoms with Gasteiger partial charge in [-0.25, -0.2) is 0 Å². The Hall–Kier alpha value is -2.26. The molecule has 1 aromatic heterocycles. The number of hydrogen-bond acceptors (Lipinski definition) is 2. The summed E-state index contributed by atoms with van der Waals surface area (Å²) >= 11 is 0. The normalized spacial score (nSPS) is 9.71. The number of azide groups is 1. The standard InChI is InChI=1S/C9H6N4O/c10-13-12-8-3-1-2-6-5-11-9(14)4-7(6)8/h1-5H,(H,11,14). The van der Waals surface area contributed by atoms with Gasteiger partial charge in [0.25, 0.3) is 0 Å². The number of fused-ring (bicyclic) bond motifs is 1. The van der Waals surface area contributed by atoms with Gasteiger partial charge in [0.1, 0.15) is 0 Å². The summed E-state index contributed by atoms with van der Waals surface area (Å²) in [7, 11) is 0. The predicted molar refractivity (Wildman–Crippen MR) is 53.4 cm³/mol. The van der Waals surface area contributed by atoms with E-state index < -0.39 is 0 Å². The van der Waals surface area contributed by atoms with Crippen LogP contribution in [-0.2, 0) is 0 Å². The largest absolute Gasteiger partial charge is 0.328 e. The molecule has 1 aromatic carbocycles. The molecule has 0 fully saturated rings. The molecule has 0 aliphatic carbocycles. The molecule has 0 amide bonds. The molecule has 0 bridgehead atoms. The molecular weight excluding hydrogens is 180 g/mol. The molecule has 1 heterocycles. The zero-order valence-corrected chi connectivity index (χ0v) is 7.14. The Morgan fingerprint density at radius 2 is 2.29 bits per heavy atom. The fourth-order valence-electron chi connectivity index (χ4n) is 1.31. The highest BCUT2D eigenvalue weighted by atomic mass is 16.1. The van der Waals surface area contributed by atoms with Crippen molar-refractivity contribution in [3.63, 3.8) is 0 Å². The van der Waals surface area contributed by atoms with E-state index in [9.17, 15) is 4.79 Å². The van der Waals surface area contributed by atoms with Gasteiger partial charge in [-0.3, -0.25) is 4.79 Å². The second-order valence-corrected chi connectivity index (χ2v) is 2.77. The third kappa shape index (κ3) is 1.32. The number of aromatic amines is 1.